The second-order valence-corrected chi connectivity index (χ2v) is 4.88. The van der Waals surface area contributed by atoms with Crippen LogP contribution in [0.4, 0.5) is 0 Å². The van der Waals surface area contributed by atoms with Gasteiger partial charge < -0.3 is 14.3 Å². The molecule has 0 unspecified atom stereocenters. The zero-order valence-corrected chi connectivity index (χ0v) is 10.2. The molecular weight excluding hydrogens is 217 g/mol. The molecule has 0 atom stereocenters. The van der Waals surface area contributed by atoms with Crippen LogP contribution in [-0.2, 0) is 13.6 Å². The van der Waals surface area contributed by atoms with Gasteiger partial charge in [0.1, 0.15) is 0 Å². The SMILES string of the molecule is CCOP(=O)(C/C=C/C(C)=N\O)OCC. The fraction of sp³-hybridized carbons (Fsp3) is 0.667. The summed E-state index contributed by atoms with van der Waals surface area (Å²) in [6, 6.07) is 0. The Hall–Kier alpha value is -0.640. The third-order valence-electron chi connectivity index (χ3n) is 1.50. The van der Waals surface area contributed by atoms with Crippen LogP contribution in [0.1, 0.15) is 20.8 Å². The first-order valence-electron chi connectivity index (χ1n) is 4.81. The topological polar surface area (TPSA) is 68.1 Å². The predicted molar refractivity (Wildman–Crippen MR) is 59.8 cm³/mol. The van der Waals surface area contributed by atoms with Gasteiger partial charge in [-0.25, -0.2) is 0 Å². The van der Waals surface area contributed by atoms with Crippen LogP contribution in [0.2, 0.25) is 0 Å². The molecule has 0 radical (unpaired) electrons. The number of allylic oxidation sites excluding steroid dienone is 2. The molecule has 5 nitrogen and oxygen atoms in total. The fourth-order valence-corrected chi connectivity index (χ4v) is 2.36. The van der Waals surface area contributed by atoms with Crippen molar-refractivity contribution in [2.24, 2.45) is 5.16 Å². The zero-order chi connectivity index (χ0) is 11.7. The van der Waals surface area contributed by atoms with Gasteiger partial charge >= 0.3 is 7.60 Å². The molecule has 0 aromatic heterocycles. The van der Waals surface area contributed by atoms with E-state index in [1.165, 1.54) is 0 Å². The third kappa shape index (κ3) is 6.44. The van der Waals surface area contributed by atoms with Crippen molar-refractivity contribution in [1.29, 1.82) is 0 Å². The van der Waals surface area contributed by atoms with Crippen molar-refractivity contribution in [3.8, 4) is 0 Å². The molecule has 88 valence electrons. The summed E-state index contributed by atoms with van der Waals surface area (Å²) in [4.78, 5) is 0. The van der Waals surface area contributed by atoms with Gasteiger partial charge in [-0.05, 0) is 26.8 Å². The second kappa shape index (κ2) is 7.63. The molecule has 0 aromatic carbocycles. The van der Waals surface area contributed by atoms with Crippen molar-refractivity contribution in [2.75, 3.05) is 19.4 Å². The van der Waals surface area contributed by atoms with E-state index in [1.54, 1.807) is 32.9 Å². The van der Waals surface area contributed by atoms with Crippen molar-refractivity contribution in [1.82, 2.24) is 0 Å². The van der Waals surface area contributed by atoms with E-state index in [1.807, 2.05) is 0 Å². The molecule has 0 saturated heterocycles. The van der Waals surface area contributed by atoms with Crippen LogP contribution in [0, 0.1) is 0 Å². The Bertz CT molecular complexity index is 265. The largest absolute Gasteiger partial charge is 0.411 e. The van der Waals surface area contributed by atoms with Crippen molar-refractivity contribution >= 4 is 13.3 Å². The molecule has 15 heavy (non-hydrogen) atoms. The lowest BCUT2D eigenvalue weighted by Crippen LogP contribution is -1.98. The maximum absolute atomic E-state index is 11.9. The number of nitrogens with zero attached hydrogens (tertiary/aromatic N) is 1. The van der Waals surface area contributed by atoms with Gasteiger partial charge in [0.15, 0.2) is 0 Å². The molecule has 0 fully saturated rings. The van der Waals surface area contributed by atoms with Gasteiger partial charge in [-0.3, -0.25) is 4.57 Å². The van der Waals surface area contributed by atoms with Crippen LogP contribution in [0.15, 0.2) is 17.3 Å². The summed E-state index contributed by atoms with van der Waals surface area (Å²) in [6.45, 7) is 5.84. The smallest absolute Gasteiger partial charge is 0.334 e. The lowest BCUT2D eigenvalue weighted by Gasteiger charge is -2.14. The summed E-state index contributed by atoms with van der Waals surface area (Å²) >= 11 is 0. The summed E-state index contributed by atoms with van der Waals surface area (Å²) in [5.74, 6) is 0. The predicted octanol–water partition coefficient (Wildman–Crippen LogP) is 2.66. The van der Waals surface area contributed by atoms with Gasteiger partial charge in [0.05, 0.1) is 25.1 Å². The highest BCUT2D eigenvalue weighted by molar-refractivity contribution is 7.54. The van der Waals surface area contributed by atoms with Crippen LogP contribution in [0.3, 0.4) is 0 Å². The van der Waals surface area contributed by atoms with E-state index in [0.717, 1.165) is 0 Å². The van der Waals surface area contributed by atoms with Crippen molar-refractivity contribution in [3.63, 3.8) is 0 Å². The van der Waals surface area contributed by atoms with Gasteiger partial charge in [-0.2, -0.15) is 0 Å². The van der Waals surface area contributed by atoms with E-state index in [9.17, 15) is 4.57 Å². The van der Waals surface area contributed by atoms with Crippen molar-refractivity contribution in [3.05, 3.63) is 12.2 Å². The zero-order valence-electron chi connectivity index (χ0n) is 9.34. The monoisotopic (exact) mass is 235 g/mol. The van der Waals surface area contributed by atoms with Crippen LogP contribution in [-0.4, -0.2) is 30.3 Å². The molecule has 0 rings (SSSR count). The molecule has 0 aromatic rings. The summed E-state index contributed by atoms with van der Waals surface area (Å²) in [5, 5.41) is 11.3. The van der Waals surface area contributed by atoms with E-state index in [4.69, 9.17) is 14.3 Å². The normalized spacial score (nSPS) is 13.7. The number of rotatable bonds is 7. The highest BCUT2D eigenvalue weighted by atomic mass is 31.2. The average Bonchev–Trinajstić information content (AvgIpc) is 2.18. The molecular formula is C9H18NO4P. The number of oxime groups is 1. The van der Waals surface area contributed by atoms with Gasteiger partial charge in [0.2, 0.25) is 0 Å². The van der Waals surface area contributed by atoms with Gasteiger partial charge in [0.25, 0.3) is 0 Å². The lowest BCUT2D eigenvalue weighted by molar-refractivity contribution is 0.222. The molecule has 1 N–H and O–H groups in total. The Morgan fingerprint density at radius 2 is 1.93 bits per heavy atom. The highest BCUT2D eigenvalue weighted by Crippen LogP contribution is 2.47. The molecule has 0 saturated carbocycles. The second-order valence-electron chi connectivity index (χ2n) is 2.77. The first kappa shape index (κ1) is 14.4. The Balaban J connectivity index is 4.30. The van der Waals surface area contributed by atoms with E-state index >= 15 is 0 Å². The maximum Gasteiger partial charge on any atom is 0.334 e. The number of hydrogen-bond acceptors (Lipinski definition) is 5. The van der Waals surface area contributed by atoms with Crippen molar-refractivity contribution in [2.45, 2.75) is 20.8 Å². The summed E-state index contributed by atoms with van der Waals surface area (Å²) in [7, 11) is -3.01. The minimum Gasteiger partial charge on any atom is -0.411 e. The van der Waals surface area contributed by atoms with E-state index in [2.05, 4.69) is 5.16 Å². The third-order valence-corrected chi connectivity index (χ3v) is 3.46. The Morgan fingerprint density at radius 3 is 2.33 bits per heavy atom. The standard InChI is InChI=1S/C9H18NO4P/c1-4-13-15(12,14-5-2)8-6-7-9(3)10-11/h6-7,11H,4-5,8H2,1-3H3/b7-6+,10-9-. The highest BCUT2D eigenvalue weighted by Gasteiger charge is 2.20. The van der Waals surface area contributed by atoms with Crippen LogP contribution in [0.5, 0.6) is 0 Å². The van der Waals surface area contributed by atoms with Crippen LogP contribution < -0.4 is 0 Å². The van der Waals surface area contributed by atoms with E-state index in [-0.39, 0.29) is 6.16 Å². The Labute approximate surface area is 90.3 Å². The van der Waals surface area contributed by atoms with Gasteiger partial charge in [0, 0.05) is 0 Å². The van der Waals surface area contributed by atoms with Gasteiger partial charge in [-0.1, -0.05) is 11.2 Å². The molecule has 0 spiro atoms. The molecule has 0 amide bonds. The van der Waals surface area contributed by atoms with E-state index in [0.29, 0.717) is 18.9 Å². The first-order valence-corrected chi connectivity index (χ1v) is 6.54. The van der Waals surface area contributed by atoms with Crippen LogP contribution in [0.25, 0.3) is 0 Å². The number of hydrogen-bond donors (Lipinski definition) is 1. The molecule has 0 heterocycles. The average molecular weight is 235 g/mol. The first-order chi connectivity index (χ1) is 7.08. The maximum atomic E-state index is 11.9. The van der Waals surface area contributed by atoms with Gasteiger partial charge in [-0.15, -0.1) is 0 Å². The molecule has 0 aliphatic rings. The Kier molecular flexibility index (Phi) is 7.30. The minimum absolute atomic E-state index is 0.182. The summed E-state index contributed by atoms with van der Waals surface area (Å²) in [6.07, 6.45) is 3.35. The minimum atomic E-state index is -3.01. The Morgan fingerprint density at radius 1 is 1.40 bits per heavy atom. The molecule has 6 heteroatoms. The quantitative estimate of drug-likeness (QED) is 0.319. The molecule has 0 bridgehead atoms. The fourth-order valence-electron chi connectivity index (χ4n) is 0.922. The van der Waals surface area contributed by atoms with E-state index < -0.39 is 7.60 Å². The van der Waals surface area contributed by atoms with Crippen LogP contribution >= 0.6 is 7.60 Å². The van der Waals surface area contributed by atoms with Crippen molar-refractivity contribution < 1.29 is 18.8 Å². The lowest BCUT2D eigenvalue weighted by atomic mass is 10.4. The molecule has 0 aliphatic heterocycles. The molecule has 0 aliphatic carbocycles. The summed E-state index contributed by atoms with van der Waals surface area (Å²) < 4.78 is 22.0. The summed E-state index contributed by atoms with van der Waals surface area (Å²) in [5.41, 5.74) is 0.439.